The van der Waals surface area contributed by atoms with Crippen molar-refractivity contribution in [2.45, 2.75) is 18.4 Å². The zero-order chi connectivity index (χ0) is 11.3. The minimum atomic E-state index is -1.10. The fourth-order valence-corrected chi connectivity index (χ4v) is 1.88. The number of hydrogen-bond acceptors (Lipinski definition) is 4. The Bertz CT molecular complexity index is 454. The zero-order valence-electron chi connectivity index (χ0n) is 8.49. The second-order valence-corrected chi connectivity index (χ2v) is 4.14. The van der Waals surface area contributed by atoms with Crippen molar-refractivity contribution in [3.8, 4) is 17.2 Å². The number of ether oxygens (including phenoxy) is 2. The number of rotatable bonds is 1. The average Bonchev–Trinajstić information content (AvgIpc) is 3.03. The van der Waals surface area contributed by atoms with E-state index in [1.54, 1.807) is 0 Å². The number of halogens is 1. The fraction of sp³-hybridized carbons (Fsp3) is 0.455. The van der Waals surface area contributed by atoms with E-state index in [1.807, 2.05) is 0 Å². The van der Waals surface area contributed by atoms with E-state index in [1.165, 1.54) is 6.07 Å². The summed E-state index contributed by atoms with van der Waals surface area (Å²) in [6.45, 7) is 0.599. The minimum Gasteiger partial charge on any atom is -0.504 e. The van der Waals surface area contributed by atoms with Crippen LogP contribution >= 0.6 is 0 Å². The normalized spacial score (nSPS) is 20.6. The van der Waals surface area contributed by atoms with E-state index in [4.69, 9.17) is 9.47 Å². The molecule has 1 fully saturated rings. The molecule has 86 valence electrons. The lowest BCUT2D eigenvalue weighted by atomic mass is 10.0. The van der Waals surface area contributed by atoms with Gasteiger partial charge in [-0.3, -0.25) is 0 Å². The van der Waals surface area contributed by atoms with Crippen molar-refractivity contribution in [3.63, 3.8) is 0 Å². The van der Waals surface area contributed by atoms with Crippen LogP contribution in [0.2, 0.25) is 0 Å². The predicted octanol–water partition coefficient (Wildman–Crippen LogP) is 1.28. The second kappa shape index (κ2) is 3.01. The number of aromatic hydroxyl groups is 1. The number of phenolic OH excluding ortho intramolecular Hbond substituents is 1. The molecule has 0 atom stereocenters. The van der Waals surface area contributed by atoms with Crippen LogP contribution in [-0.4, -0.2) is 23.4 Å². The minimum absolute atomic E-state index is 0.0725. The van der Waals surface area contributed by atoms with Crippen LogP contribution in [0, 0.1) is 5.82 Å². The highest BCUT2D eigenvalue weighted by Crippen LogP contribution is 2.52. The Labute approximate surface area is 91.2 Å². The molecule has 0 bridgehead atoms. The van der Waals surface area contributed by atoms with Crippen molar-refractivity contribution < 1.29 is 24.1 Å². The molecule has 1 aliphatic heterocycles. The van der Waals surface area contributed by atoms with Crippen molar-refractivity contribution >= 4 is 0 Å². The van der Waals surface area contributed by atoms with Gasteiger partial charge in [-0.25, -0.2) is 0 Å². The molecular weight excluding hydrogens is 215 g/mol. The Hall–Kier alpha value is -1.49. The summed E-state index contributed by atoms with van der Waals surface area (Å²) in [5, 5.41) is 19.5. The predicted molar refractivity (Wildman–Crippen MR) is 52.2 cm³/mol. The first-order valence-corrected chi connectivity index (χ1v) is 5.16. The van der Waals surface area contributed by atoms with Gasteiger partial charge in [-0.05, 0) is 18.9 Å². The third-order valence-corrected chi connectivity index (χ3v) is 2.97. The van der Waals surface area contributed by atoms with Gasteiger partial charge in [0.15, 0.2) is 11.5 Å². The van der Waals surface area contributed by atoms with Crippen LogP contribution in [0.3, 0.4) is 0 Å². The molecular formula is C11H11FO4. The summed E-state index contributed by atoms with van der Waals surface area (Å²) in [5.41, 5.74) is -0.907. The Kier molecular flexibility index (Phi) is 1.83. The highest BCUT2D eigenvalue weighted by Gasteiger charge is 2.46. The molecule has 0 radical (unpaired) electrons. The van der Waals surface area contributed by atoms with E-state index < -0.39 is 17.2 Å². The van der Waals surface area contributed by atoms with Crippen LogP contribution in [0.5, 0.6) is 17.2 Å². The fourth-order valence-electron chi connectivity index (χ4n) is 1.88. The number of aliphatic hydroxyl groups is 1. The molecule has 1 aromatic rings. The average molecular weight is 226 g/mol. The highest BCUT2D eigenvalue weighted by atomic mass is 19.1. The molecule has 1 saturated carbocycles. The number of phenols is 1. The van der Waals surface area contributed by atoms with Gasteiger partial charge in [0.05, 0.1) is 5.60 Å². The Morgan fingerprint density at radius 1 is 1.25 bits per heavy atom. The van der Waals surface area contributed by atoms with Gasteiger partial charge in [0.1, 0.15) is 13.2 Å². The molecule has 0 amide bonds. The molecule has 0 aromatic heterocycles. The largest absolute Gasteiger partial charge is 0.504 e. The second-order valence-electron chi connectivity index (χ2n) is 4.14. The topological polar surface area (TPSA) is 58.9 Å². The SMILES string of the molecule is Oc1c(C2(O)CC2)cc2c(c1F)OCCO2. The summed E-state index contributed by atoms with van der Waals surface area (Å²) >= 11 is 0. The molecule has 2 aliphatic rings. The quantitative estimate of drug-likeness (QED) is 0.757. The highest BCUT2D eigenvalue weighted by molar-refractivity contribution is 5.55. The molecule has 3 rings (SSSR count). The number of benzene rings is 1. The monoisotopic (exact) mass is 226 g/mol. The smallest absolute Gasteiger partial charge is 0.210 e. The van der Waals surface area contributed by atoms with Crippen molar-refractivity contribution in [1.29, 1.82) is 0 Å². The van der Waals surface area contributed by atoms with Crippen molar-refractivity contribution in [2.24, 2.45) is 0 Å². The Balaban J connectivity index is 2.17. The molecule has 2 N–H and O–H groups in total. The van der Waals surface area contributed by atoms with Crippen LogP contribution in [0.1, 0.15) is 18.4 Å². The first kappa shape index (κ1) is 9.72. The lowest BCUT2D eigenvalue weighted by Crippen LogP contribution is -2.18. The van der Waals surface area contributed by atoms with E-state index in [9.17, 15) is 14.6 Å². The van der Waals surface area contributed by atoms with Gasteiger partial charge < -0.3 is 19.7 Å². The van der Waals surface area contributed by atoms with E-state index in [0.29, 0.717) is 19.4 Å². The van der Waals surface area contributed by atoms with Gasteiger partial charge in [-0.15, -0.1) is 0 Å². The third-order valence-electron chi connectivity index (χ3n) is 2.97. The maximum atomic E-state index is 13.7. The van der Waals surface area contributed by atoms with Gasteiger partial charge in [0, 0.05) is 5.56 Å². The van der Waals surface area contributed by atoms with Crippen molar-refractivity contribution in [3.05, 3.63) is 17.4 Å². The van der Waals surface area contributed by atoms with Gasteiger partial charge >= 0.3 is 0 Å². The summed E-state index contributed by atoms with van der Waals surface area (Å²) in [6.07, 6.45) is 1.05. The molecule has 1 heterocycles. The number of hydrogen-bond donors (Lipinski definition) is 2. The first-order chi connectivity index (χ1) is 7.62. The zero-order valence-corrected chi connectivity index (χ0v) is 8.49. The van der Waals surface area contributed by atoms with E-state index in [-0.39, 0.29) is 23.7 Å². The van der Waals surface area contributed by atoms with Crippen LogP contribution < -0.4 is 9.47 Å². The number of fused-ring (bicyclic) bond motifs is 1. The summed E-state index contributed by atoms with van der Waals surface area (Å²) in [7, 11) is 0. The lowest BCUT2D eigenvalue weighted by Gasteiger charge is -2.21. The molecule has 16 heavy (non-hydrogen) atoms. The van der Waals surface area contributed by atoms with Crippen LogP contribution in [0.15, 0.2) is 6.07 Å². The van der Waals surface area contributed by atoms with Crippen molar-refractivity contribution in [1.82, 2.24) is 0 Å². The van der Waals surface area contributed by atoms with Crippen LogP contribution in [-0.2, 0) is 5.60 Å². The Morgan fingerprint density at radius 2 is 1.94 bits per heavy atom. The van der Waals surface area contributed by atoms with Gasteiger partial charge in [0.25, 0.3) is 0 Å². The summed E-state index contributed by atoms with van der Waals surface area (Å²) in [4.78, 5) is 0. The van der Waals surface area contributed by atoms with E-state index in [0.717, 1.165) is 0 Å². The summed E-state index contributed by atoms with van der Waals surface area (Å²) < 4.78 is 24.1. The molecule has 0 unspecified atom stereocenters. The molecule has 1 aliphatic carbocycles. The Morgan fingerprint density at radius 3 is 2.62 bits per heavy atom. The summed E-state index contributed by atoms with van der Waals surface area (Å²) in [5.74, 6) is -1.22. The maximum Gasteiger partial charge on any atom is 0.210 e. The van der Waals surface area contributed by atoms with E-state index in [2.05, 4.69) is 0 Å². The standard InChI is InChI=1S/C11H11FO4/c12-8-9(13)6(11(14)1-2-11)5-7-10(8)16-4-3-15-7/h5,13-14H,1-4H2. The third kappa shape index (κ3) is 1.24. The first-order valence-electron chi connectivity index (χ1n) is 5.16. The van der Waals surface area contributed by atoms with Gasteiger partial charge in [-0.2, -0.15) is 4.39 Å². The van der Waals surface area contributed by atoms with Crippen LogP contribution in [0.4, 0.5) is 4.39 Å². The lowest BCUT2D eigenvalue weighted by molar-refractivity contribution is 0.139. The molecule has 0 spiro atoms. The molecule has 1 aromatic carbocycles. The van der Waals surface area contributed by atoms with Gasteiger partial charge in [-0.1, -0.05) is 0 Å². The van der Waals surface area contributed by atoms with Gasteiger partial charge in [0.2, 0.25) is 11.6 Å². The maximum absolute atomic E-state index is 13.7. The molecule has 0 saturated heterocycles. The van der Waals surface area contributed by atoms with Crippen molar-refractivity contribution in [2.75, 3.05) is 13.2 Å². The molecule has 5 heteroatoms. The summed E-state index contributed by atoms with van der Waals surface area (Å²) in [6, 6.07) is 1.46. The van der Waals surface area contributed by atoms with Crippen LogP contribution in [0.25, 0.3) is 0 Å². The molecule has 4 nitrogen and oxygen atoms in total. The van der Waals surface area contributed by atoms with E-state index >= 15 is 0 Å².